The first kappa shape index (κ1) is 15.9. The van der Waals surface area contributed by atoms with Crippen molar-refractivity contribution < 1.29 is 14.6 Å². The number of aliphatic hydroxyl groups is 1. The number of carbonyl (C=O) groups is 1. The Labute approximate surface area is 129 Å². The van der Waals surface area contributed by atoms with E-state index in [2.05, 4.69) is 10.6 Å². The molecule has 2 rings (SSSR count). The van der Waals surface area contributed by atoms with E-state index in [9.17, 15) is 4.79 Å². The maximum Gasteiger partial charge on any atom is 0.315 e. The average molecular weight is 313 g/mol. The van der Waals surface area contributed by atoms with Crippen LogP contribution in [-0.2, 0) is 0 Å². The molecule has 6 heteroatoms. The van der Waals surface area contributed by atoms with E-state index >= 15 is 0 Å². The Morgan fingerprint density at radius 3 is 3.14 bits per heavy atom. The van der Waals surface area contributed by atoms with Gasteiger partial charge in [-0.25, -0.2) is 4.79 Å². The minimum atomic E-state index is -0.233. The number of nitrogens with one attached hydrogen (secondary N) is 2. The van der Waals surface area contributed by atoms with Crippen LogP contribution in [0.5, 0.6) is 5.75 Å². The number of ether oxygens (including phenoxy) is 1. The molecule has 1 aliphatic rings. The van der Waals surface area contributed by atoms with Crippen LogP contribution in [0.2, 0.25) is 5.02 Å². The SMILES string of the molecule is CC(CCO)NC(=O)NC1CCCOc2cc(Cl)ccc21. The molecule has 0 aromatic heterocycles. The van der Waals surface area contributed by atoms with Crippen LogP contribution in [0.3, 0.4) is 0 Å². The van der Waals surface area contributed by atoms with E-state index in [1.54, 1.807) is 12.1 Å². The van der Waals surface area contributed by atoms with E-state index in [0.717, 1.165) is 24.2 Å². The molecule has 0 bridgehead atoms. The van der Waals surface area contributed by atoms with Gasteiger partial charge in [-0.15, -0.1) is 0 Å². The second-order valence-electron chi connectivity index (χ2n) is 5.26. The van der Waals surface area contributed by atoms with Crippen LogP contribution in [-0.4, -0.2) is 30.4 Å². The van der Waals surface area contributed by atoms with Gasteiger partial charge in [0.05, 0.1) is 12.6 Å². The molecule has 0 fully saturated rings. The Morgan fingerprint density at radius 2 is 2.38 bits per heavy atom. The summed E-state index contributed by atoms with van der Waals surface area (Å²) >= 11 is 5.98. The van der Waals surface area contributed by atoms with E-state index in [1.165, 1.54) is 0 Å². The highest BCUT2D eigenvalue weighted by atomic mass is 35.5. The van der Waals surface area contributed by atoms with Gasteiger partial charge in [0.1, 0.15) is 5.75 Å². The largest absolute Gasteiger partial charge is 0.493 e. The number of hydrogen-bond donors (Lipinski definition) is 3. The van der Waals surface area contributed by atoms with Gasteiger partial charge < -0.3 is 20.5 Å². The summed E-state index contributed by atoms with van der Waals surface area (Å²) in [7, 11) is 0. The zero-order valence-corrected chi connectivity index (χ0v) is 12.8. The molecule has 1 heterocycles. The lowest BCUT2D eigenvalue weighted by Gasteiger charge is -2.20. The van der Waals surface area contributed by atoms with Crippen molar-refractivity contribution in [1.82, 2.24) is 10.6 Å². The third-order valence-electron chi connectivity index (χ3n) is 3.49. The highest BCUT2D eigenvalue weighted by Crippen LogP contribution is 2.33. The molecule has 2 atom stereocenters. The number of hydrogen-bond acceptors (Lipinski definition) is 3. The minimum Gasteiger partial charge on any atom is -0.493 e. The van der Waals surface area contributed by atoms with Crippen molar-refractivity contribution in [2.24, 2.45) is 0 Å². The summed E-state index contributed by atoms with van der Waals surface area (Å²) in [5, 5.41) is 15.3. The summed E-state index contributed by atoms with van der Waals surface area (Å²) in [6.07, 6.45) is 2.22. The fraction of sp³-hybridized carbons (Fsp3) is 0.533. The van der Waals surface area contributed by atoms with E-state index in [1.807, 2.05) is 13.0 Å². The molecule has 21 heavy (non-hydrogen) atoms. The molecule has 1 aromatic rings. The van der Waals surface area contributed by atoms with Crippen LogP contribution in [0.15, 0.2) is 18.2 Å². The zero-order valence-electron chi connectivity index (χ0n) is 12.1. The van der Waals surface area contributed by atoms with E-state index in [4.69, 9.17) is 21.4 Å². The molecule has 0 radical (unpaired) electrons. The molecular weight excluding hydrogens is 292 g/mol. The summed E-state index contributed by atoms with van der Waals surface area (Å²) in [4.78, 5) is 12.0. The number of urea groups is 1. The van der Waals surface area contributed by atoms with E-state index < -0.39 is 0 Å². The van der Waals surface area contributed by atoms with Crippen molar-refractivity contribution in [1.29, 1.82) is 0 Å². The number of carbonyl (C=O) groups excluding carboxylic acids is 1. The number of fused-ring (bicyclic) bond motifs is 1. The number of aliphatic hydroxyl groups excluding tert-OH is 1. The maximum atomic E-state index is 12.0. The molecule has 2 amide bonds. The first-order chi connectivity index (χ1) is 10.1. The molecule has 2 unspecified atom stereocenters. The first-order valence-electron chi connectivity index (χ1n) is 7.20. The summed E-state index contributed by atoms with van der Waals surface area (Å²) in [6, 6.07) is 5.08. The van der Waals surface area contributed by atoms with E-state index in [-0.39, 0.29) is 24.7 Å². The van der Waals surface area contributed by atoms with Crippen molar-refractivity contribution in [2.75, 3.05) is 13.2 Å². The fourth-order valence-electron chi connectivity index (χ4n) is 2.39. The molecule has 0 spiro atoms. The molecule has 0 saturated carbocycles. The number of benzene rings is 1. The van der Waals surface area contributed by atoms with Gasteiger partial charge >= 0.3 is 6.03 Å². The van der Waals surface area contributed by atoms with Gasteiger partial charge in [-0.3, -0.25) is 0 Å². The Bertz CT molecular complexity index is 496. The molecule has 0 aliphatic carbocycles. The highest BCUT2D eigenvalue weighted by molar-refractivity contribution is 6.30. The van der Waals surface area contributed by atoms with Crippen LogP contribution in [0.4, 0.5) is 4.79 Å². The highest BCUT2D eigenvalue weighted by Gasteiger charge is 2.22. The molecule has 5 nitrogen and oxygen atoms in total. The molecule has 0 saturated heterocycles. The second-order valence-corrected chi connectivity index (χ2v) is 5.69. The predicted octanol–water partition coefficient (Wildman–Crippen LogP) is 2.62. The van der Waals surface area contributed by atoms with Crippen LogP contribution < -0.4 is 15.4 Å². The maximum absolute atomic E-state index is 12.0. The van der Waals surface area contributed by atoms with Gasteiger partial charge in [0.15, 0.2) is 0 Å². The average Bonchev–Trinajstić information content (AvgIpc) is 2.61. The van der Waals surface area contributed by atoms with Gasteiger partial charge in [-0.2, -0.15) is 0 Å². The zero-order chi connectivity index (χ0) is 15.2. The van der Waals surface area contributed by atoms with Gasteiger partial charge in [0, 0.05) is 23.2 Å². The van der Waals surface area contributed by atoms with Crippen LogP contribution >= 0.6 is 11.6 Å². The van der Waals surface area contributed by atoms with Gasteiger partial charge in [-0.05, 0) is 38.3 Å². The lowest BCUT2D eigenvalue weighted by molar-refractivity contribution is 0.227. The van der Waals surface area contributed by atoms with Gasteiger partial charge in [0.25, 0.3) is 0 Å². The second kappa shape index (κ2) is 7.52. The third-order valence-corrected chi connectivity index (χ3v) is 3.73. The lowest BCUT2D eigenvalue weighted by atomic mass is 10.0. The smallest absolute Gasteiger partial charge is 0.315 e. The van der Waals surface area contributed by atoms with Crippen LogP contribution in [0.25, 0.3) is 0 Å². The van der Waals surface area contributed by atoms with Crippen molar-refractivity contribution in [3.8, 4) is 5.75 Å². The molecule has 1 aromatic carbocycles. The normalized spacial score (nSPS) is 18.9. The number of amides is 2. The van der Waals surface area contributed by atoms with Crippen LogP contribution in [0, 0.1) is 0 Å². The van der Waals surface area contributed by atoms with E-state index in [0.29, 0.717) is 18.1 Å². The van der Waals surface area contributed by atoms with Crippen molar-refractivity contribution in [3.05, 3.63) is 28.8 Å². The van der Waals surface area contributed by atoms with Crippen molar-refractivity contribution in [3.63, 3.8) is 0 Å². The number of rotatable bonds is 4. The van der Waals surface area contributed by atoms with Gasteiger partial charge in [-0.1, -0.05) is 17.7 Å². The summed E-state index contributed by atoms with van der Waals surface area (Å²) in [6.45, 7) is 2.54. The van der Waals surface area contributed by atoms with Crippen LogP contribution in [0.1, 0.15) is 37.8 Å². The van der Waals surface area contributed by atoms with Gasteiger partial charge in [0.2, 0.25) is 0 Å². The Hall–Kier alpha value is -1.46. The topological polar surface area (TPSA) is 70.6 Å². The molecular formula is C15H21ClN2O3. The molecule has 3 N–H and O–H groups in total. The monoisotopic (exact) mass is 312 g/mol. The molecule has 116 valence electrons. The Balaban J connectivity index is 2.05. The Morgan fingerprint density at radius 1 is 1.57 bits per heavy atom. The fourth-order valence-corrected chi connectivity index (χ4v) is 2.55. The van der Waals surface area contributed by atoms with Crippen molar-refractivity contribution >= 4 is 17.6 Å². The molecule has 1 aliphatic heterocycles. The predicted molar refractivity (Wildman–Crippen MR) is 81.8 cm³/mol. The third kappa shape index (κ3) is 4.51. The quantitative estimate of drug-likeness (QED) is 0.800. The first-order valence-corrected chi connectivity index (χ1v) is 7.58. The standard InChI is InChI=1S/C15H21ClN2O3/c1-10(6-7-19)17-15(20)18-13-3-2-8-21-14-9-11(16)4-5-12(13)14/h4-5,9-10,13,19H,2-3,6-8H2,1H3,(H2,17,18,20). The summed E-state index contributed by atoms with van der Waals surface area (Å²) in [5.74, 6) is 0.730. The summed E-state index contributed by atoms with van der Waals surface area (Å²) < 4.78 is 5.67. The number of halogens is 1. The van der Waals surface area contributed by atoms with Crippen molar-refractivity contribution in [2.45, 2.75) is 38.3 Å². The lowest BCUT2D eigenvalue weighted by Crippen LogP contribution is -2.42. The Kier molecular flexibility index (Phi) is 5.70. The summed E-state index contributed by atoms with van der Waals surface area (Å²) in [5.41, 5.74) is 0.946. The minimum absolute atomic E-state index is 0.0556.